The maximum absolute atomic E-state index is 12.3. The highest BCUT2D eigenvalue weighted by molar-refractivity contribution is 5.93. The Morgan fingerprint density at radius 1 is 1.23 bits per heavy atom. The standard InChI is InChI=1S/C21H19N7O3/c1-26-10-8-21(31,20(26)30)16-12-28(25-24-16)14-6-4-5-13(11-14)17-15-7-2-3-9-27(15)19(23-17)18(22)29/h2-7,9,11-12,31H,8,10H2,1H3,(H2,22,29)/t21-/m0/s1. The Bertz CT molecular complexity index is 1340. The Balaban J connectivity index is 1.56. The molecule has 1 aliphatic rings. The molecule has 4 heterocycles. The van der Waals surface area contributed by atoms with Crippen molar-refractivity contribution in [1.29, 1.82) is 0 Å². The second-order valence-electron chi connectivity index (χ2n) is 7.54. The molecule has 0 aliphatic carbocycles. The molecule has 10 nitrogen and oxygen atoms in total. The van der Waals surface area contributed by atoms with Gasteiger partial charge in [-0.2, -0.15) is 0 Å². The monoisotopic (exact) mass is 417 g/mol. The summed E-state index contributed by atoms with van der Waals surface area (Å²) in [5.74, 6) is -0.870. The molecule has 0 saturated carbocycles. The summed E-state index contributed by atoms with van der Waals surface area (Å²) in [5.41, 5.74) is 6.78. The van der Waals surface area contributed by atoms with Gasteiger partial charge in [0.05, 0.1) is 23.1 Å². The zero-order valence-corrected chi connectivity index (χ0v) is 16.6. The third kappa shape index (κ3) is 2.88. The molecule has 31 heavy (non-hydrogen) atoms. The summed E-state index contributed by atoms with van der Waals surface area (Å²) < 4.78 is 3.14. The van der Waals surface area contributed by atoms with Gasteiger partial charge in [-0.3, -0.25) is 14.0 Å². The number of amides is 2. The third-order valence-corrected chi connectivity index (χ3v) is 5.58. The Hall–Kier alpha value is -4.05. The van der Waals surface area contributed by atoms with Gasteiger partial charge >= 0.3 is 0 Å². The summed E-state index contributed by atoms with van der Waals surface area (Å²) in [6.45, 7) is 0.452. The quantitative estimate of drug-likeness (QED) is 0.503. The predicted molar refractivity (Wildman–Crippen MR) is 110 cm³/mol. The van der Waals surface area contributed by atoms with Crippen molar-refractivity contribution in [3.63, 3.8) is 0 Å². The lowest BCUT2D eigenvalue weighted by atomic mass is 9.99. The van der Waals surface area contributed by atoms with E-state index >= 15 is 0 Å². The fourth-order valence-electron chi connectivity index (χ4n) is 3.89. The zero-order valence-electron chi connectivity index (χ0n) is 16.6. The third-order valence-electron chi connectivity index (χ3n) is 5.58. The van der Waals surface area contributed by atoms with E-state index in [1.807, 2.05) is 36.4 Å². The highest BCUT2D eigenvalue weighted by Gasteiger charge is 2.47. The van der Waals surface area contributed by atoms with Crippen molar-refractivity contribution in [1.82, 2.24) is 29.3 Å². The average Bonchev–Trinajstić information content (AvgIpc) is 3.48. The second-order valence-corrected chi connectivity index (χ2v) is 7.54. The zero-order chi connectivity index (χ0) is 21.8. The van der Waals surface area contributed by atoms with E-state index in [9.17, 15) is 14.7 Å². The minimum Gasteiger partial charge on any atom is -0.374 e. The number of hydrogen-bond donors (Lipinski definition) is 2. The highest BCUT2D eigenvalue weighted by atomic mass is 16.3. The van der Waals surface area contributed by atoms with E-state index in [0.717, 1.165) is 11.1 Å². The maximum Gasteiger partial charge on any atom is 0.285 e. The van der Waals surface area contributed by atoms with E-state index < -0.39 is 17.4 Å². The van der Waals surface area contributed by atoms with Crippen LogP contribution in [0.15, 0.2) is 54.9 Å². The van der Waals surface area contributed by atoms with Crippen molar-refractivity contribution in [3.8, 4) is 16.9 Å². The molecule has 1 aliphatic heterocycles. The average molecular weight is 417 g/mol. The number of aliphatic hydroxyl groups is 1. The lowest BCUT2D eigenvalue weighted by molar-refractivity contribution is -0.143. The van der Waals surface area contributed by atoms with E-state index in [1.165, 1.54) is 9.58 Å². The molecule has 1 atom stereocenters. The first-order valence-corrected chi connectivity index (χ1v) is 9.67. The predicted octanol–water partition coefficient (Wildman–Crippen LogP) is 0.731. The van der Waals surface area contributed by atoms with Crippen molar-refractivity contribution >= 4 is 17.3 Å². The molecule has 1 saturated heterocycles. The fraction of sp³-hybridized carbons (Fsp3) is 0.190. The van der Waals surface area contributed by atoms with Crippen LogP contribution in [0.3, 0.4) is 0 Å². The number of nitrogens with two attached hydrogens (primary N) is 1. The molecule has 0 bridgehead atoms. The van der Waals surface area contributed by atoms with Crippen molar-refractivity contribution in [2.75, 3.05) is 13.6 Å². The first kappa shape index (κ1) is 18.9. The van der Waals surface area contributed by atoms with Crippen LogP contribution >= 0.6 is 0 Å². The topological polar surface area (TPSA) is 132 Å². The lowest BCUT2D eigenvalue weighted by Crippen LogP contribution is -2.36. The fourth-order valence-corrected chi connectivity index (χ4v) is 3.89. The number of primary amides is 1. The number of carbonyl (C=O) groups is 2. The van der Waals surface area contributed by atoms with Crippen LogP contribution in [0, 0.1) is 0 Å². The molecule has 3 N–H and O–H groups in total. The molecule has 2 amide bonds. The molecule has 4 aromatic rings. The van der Waals surface area contributed by atoms with E-state index in [2.05, 4.69) is 15.3 Å². The Kier molecular flexibility index (Phi) is 4.12. The van der Waals surface area contributed by atoms with Gasteiger partial charge in [0.15, 0.2) is 5.60 Å². The number of benzene rings is 1. The van der Waals surface area contributed by atoms with Gasteiger partial charge in [-0.05, 0) is 24.3 Å². The first-order valence-electron chi connectivity index (χ1n) is 9.67. The minimum absolute atomic E-state index is 0.144. The Morgan fingerprint density at radius 2 is 2.06 bits per heavy atom. The number of likely N-dealkylation sites (tertiary alicyclic amines) is 1. The van der Waals surface area contributed by atoms with Gasteiger partial charge in [0.2, 0.25) is 5.82 Å². The largest absolute Gasteiger partial charge is 0.374 e. The molecule has 0 radical (unpaired) electrons. The van der Waals surface area contributed by atoms with Gasteiger partial charge in [0.25, 0.3) is 11.8 Å². The van der Waals surface area contributed by atoms with Crippen LogP contribution in [0.25, 0.3) is 22.5 Å². The van der Waals surface area contributed by atoms with Gasteiger partial charge in [-0.15, -0.1) is 5.10 Å². The number of pyridine rings is 1. The van der Waals surface area contributed by atoms with Crippen LogP contribution in [0.5, 0.6) is 0 Å². The Labute approximate surface area is 176 Å². The van der Waals surface area contributed by atoms with E-state index in [4.69, 9.17) is 5.73 Å². The summed E-state index contributed by atoms with van der Waals surface area (Å²) in [6.07, 6.45) is 3.55. The SMILES string of the molecule is CN1CC[C@](O)(c2cn(-c3cccc(-c4nc(C(N)=O)n5ccccc45)c3)nn2)C1=O. The summed E-state index contributed by atoms with van der Waals surface area (Å²) in [5, 5.41) is 19.0. The van der Waals surface area contributed by atoms with E-state index in [0.29, 0.717) is 17.9 Å². The molecule has 5 rings (SSSR count). The van der Waals surface area contributed by atoms with Gasteiger partial charge in [-0.25, -0.2) is 9.67 Å². The number of nitrogens with zero attached hydrogens (tertiary/aromatic N) is 6. The van der Waals surface area contributed by atoms with Crippen LogP contribution in [0.2, 0.25) is 0 Å². The van der Waals surface area contributed by atoms with Gasteiger partial charge < -0.3 is 15.7 Å². The van der Waals surface area contributed by atoms with Crippen LogP contribution in [0.4, 0.5) is 0 Å². The van der Waals surface area contributed by atoms with Crippen LogP contribution in [-0.4, -0.2) is 59.8 Å². The van der Waals surface area contributed by atoms with Crippen LogP contribution in [-0.2, 0) is 10.4 Å². The van der Waals surface area contributed by atoms with Gasteiger partial charge in [-0.1, -0.05) is 23.4 Å². The molecule has 1 fully saturated rings. The number of carbonyl (C=O) groups excluding carboxylic acids is 2. The van der Waals surface area contributed by atoms with Gasteiger partial charge in [0, 0.05) is 31.8 Å². The molecule has 0 spiro atoms. The summed E-state index contributed by atoms with van der Waals surface area (Å²) in [7, 11) is 1.64. The van der Waals surface area contributed by atoms with Crippen molar-refractivity contribution in [2.24, 2.45) is 5.73 Å². The number of imidazole rings is 1. The van der Waals surface area contributed by atoms with Crippen molar-refractivity contribution in [2.45, 2.75) is 12.0 Å². The molecular weight excluding hydrogens is 398 g/mol. The number of fused-ring (bicyclic) bond motifs is 1. The van der Waals surface area contributed by atoms with E-state index in [1.54, 1.807) is 29.9 Å². The minimum atomic E-state index is -1.67. The maximum atomic E-state index is 12.3. The van der Waals surface area contributed by atoms with Crippen molar-refractivity contribution < 1.29 is 14.7 Å². The van der Waals surface area contributed by atoms with Crippen molar-refractivity contribution in [3.05, 3.63) is 66.4 Å². The van der Waals surface area contributed by atoms with Crippen LogP contribution < -0.4 is 5.73 Å². The summed E-state index contributed by atoms with van der Waals surface area (Å²) in [6, 6.07) is 12.9. The summed E-state index contributed by atoms with van der Waals surface area (Å²) >= 11 is 0. The Morgan fingerprint density at radius 3 is 2.81 bits per heavy atom. The normalized spacial score (nSPS) is 18.8. The number of likely N-dealkylation sites (N-methyl/N-ethyl adjacent to an activating group) is 1. The number of rotatable bonds is 4. The molecule has 0 unspecified atom stereocenters. The lowest BCUT2D eigenvalue weighted by Gasteiger charge is -2.17. The first-order chi connectivity index (χ1) is 14.9. The molecule has 10 heteroatoms. The molecule has 3 aromatic heterocycles. The number of aromatic nitrogens is 5. The smallest absolute Gasteiger partial charge is 0.285 e. The molecule has 1 aromatic carbocycles. The van der Waals surface area contributed by atoms with Gasteiger partial charge in [0.1, 0.15) is 5.69 Å². The van der Waals surface area contributed by atoms with Crippen LogP contribution in [0.1, 0.15) is 22.7 Å². The highest BCUT2D eigenvalue weighted by Crippen LogP contribution is 2.32. The molecule has 156 valence electrons. The number of hydrogen-bond acceptors (Lipinski definition) is 6. The summed E-state index contributed by atoms with van der Waals surface area (Å²) in [4.78, 5) is 30.1. The second kappa shape index (κ2) is 6.74. The molecular formula is C21H19N7O3. The van der Waals surface area contributed by atoms with E-state index in [-0.39, 0.29) is 17.9 Å².